The number of carbonyl (C=O) groups is 2. The van der Waals surface area contributed by atoms with Crippen molar-refractivity contribution in [3.8, 4) is 11.5 Å². The Kier molecular flexibility index (Phi) is 4.74. The number of hydrogen-bond donors (Lipinski definition) is 0. The van der Waals surface area contributed by atoms with Crippen LogP contribution in [0.1, 0.15) is 17.5 Å². The normalized spacial score (nSPS) is 16.8. The number of aryl methyl sites for hydroxylation is 2. The van der Waals surface area contributed by atoms with Crippen LogP contribution in [0.15, 0.2) is 42.5 Å². The van der Waals surface area contributed by atoms with Crippen molar-refractivity contribution in [2.75, 3.05) is 18.6 Å². The molecule has 0 radical (unpaired) electrons. The second-order valence-corrected chi connectivity index (χ2v) is 6.31. The van der Waals surface area contributed by atoms with Crippen LogP contribution in [-0.2, 0) is 9.59 Å². The minimum Gasteiger partial charge on any atom is -0.495 e. The van der Waals surface area contributed by atoms with Crippen molar-refractivity contribution in [3.63, 3.8) is 0 Å². The van der Waals surface area contributed by atoms with E-state index in [4.69, 9.17) is 9.47 Å². The highest BCUT2D eigenvalue weighted by Crippen LogP contribution is 2.34. The molecule has 25 heavy (non-hydrogen) atoms. The molecule has 1 fully saturated rings. The van der Waals surface area contributed by atoms with Crippen molar-refractivity contribution in [1.29, 1.82) is 0 Å². The summed E-state index contributed by atoms with van der Waals surface area (Å²) in [4.78, 5) is 26.4. The lowest BCUT2D eigenvalue weighted by molar-refractivity contribution is -0.139. The largest absolute Gasteiger partial charge is 0.495 e. The zero-order valence-electron chi connectivity index (χ0n) is 14.6. The molecule has 1 amide bonds. The van der Waals surface area contributed by atoms with Crippen LogP contribution in [-0.4, -0.2) is 25.5 Å². The summed E-state index contributed by atoms with van der Waals surface area (Å²) >= 11 is 0. The SMILES string of the molecule is COc1ccc(C)cc1N1CC(C(=O)Oc2ccc(C)cc2)CC1=O. The summed E-state index contributed by atoms with van der Waals surface area (Å²) in [5.74, 6) is 0.140. The minimum absolute atomic E-state index is 0.102. The van der Waals surface area contributed by atoms with Crippen molar-refractivity contribution in [3.05, 3.63) is 53.6 Å². The highest BCUT2D eigenvalue weighted by atomic mass is 16.5. The van der Waals surface area contributed by atoms with Gasteiger partial charge in [0.05, 0.1) is 18.7 Å². The summed E-state index contributed by atoms with van der Waals surface area (Å²) in [6.45, 7) is 4.21. The molecule has 1 aliphatic heterocycles. The standard InChI is InChI=1S/C20H21NO4/c1-13-4-7-16(8-5-13)25-20(23)15-11-19(22)21(12-15)17-10-14(2)6-9-18(17)24-3/h4-10,15H,11-12H2,1-3H3. The average Bonchev–Trinajstić information content (AvgIpc) is 2.98. The number of hydrogen-bond acceptors (Lipinski definition) is 4. The molecule has 5 heteroatoms. The summed E-state index contributed by atoms with van der Waals surface area (Å²) in [6, 6.07) is 12.9. The Labute approximate surface area is 147 Å². The smallest absolute Gasteiger partial charge is 0.316 e. The summed E-state index contributed by atoms with van der Waals surface area (Å²) in [5, 5.41) is 0. The number of anilines is 1. The minimum atomic E-state index is -0.487. The van der Waals surface area contributed by atoms with Crippen molar-refractivity contribution < 1.29 is 19.1 Å². The van der Waals surface area contributed by atoms with Crippen LogP contribution in [0.3, 0.4) is 0 Å². The molecule has 0 saturated carbocycles. The molecule has 3 rings (SSSR count). The first-order chi connectivity index (χ1) is 12.0. The summed E-state index contributed by atoms with van der Waals surface area (Å²) in [6.07, 6.45) is 0.141. The van der Waals surface area contributed by atoms with Gasteiger partial charge in [-0.25, -0.2) is 0 Å². The lowest BCUT2D eigenvalue weighted by Crippen LogP contribution is -2.27. The van der Waals surface area contributed by atoms with Crippen molar-refractivity contribution in [2.45, 2.75) is 20.3 Å². The molecule has 1 atom stereocenters. The van der Waals surface area contributed by atoms with Gasteiger partial charge in [0, 0.05) is 13.0 Å². The van der Waals surface area contributed by atoms with Gasteiger partial charge in [0.2, 0.25) is 5.91 Å². The maximum Gasteiger partial charge on any atom is 0.316 e. The molecule has 1 aliphatic rings. The van der Waals surface area contributed by atoms with Gasteiger partial charge in [-0.2, -0.15) is 0 Å². The van der Waals surface area contributed by atoms with E-state index in [-0.39, 0.29) is 18.3 Å². The lowest BCUT2D eigenvalue weighted by atomic mass is 10.1. The number of methoxy groups -OCH3 is 1. The molecule has 0 N–H and O–H groups in total. The predicted octanol–water partition coefficient (Wildman–Crippen LogP) is 3.27. The Balaban J connectivity index is 1.75. The second kappa shape index (κ2) is 6.97. The maximum atomic E-state index is 12.4. The molecule has 0 aliphatic carbocycles. The van der Waals surface area contributed by atoms with Gasteiger partial charge in [-0.1, -0.05) is 23.8 Å². The van der Waals surface area contributed by atoms with Gasteiger partial charge in [-0.3, -0.25) is 9.59 Å². The number of ether oxygens (including phenoxy) is 2. The predicted molar refractivity (Wildman–Crippen MR) is 95.0 cm³/mol. The van der Waals surface area contributed by atoms with E-state index in [9.17, 15) is 9.59 Å². The lowest BCUT2D eigenvalue weighted by Gasteiger charge is -2.20. The monoisotopic (exact) mass is 339 g/mol. The van der Waals surface area contributed by atoms with Crippen LogP contribution in [0.5, 0.6) is 11.5 Å². The fourth-order valence-electron chi connectivity index (χ4n) is 2.92. The molecule has 1 unspecified atom stereocenters. The molecule has 130 valence electrons. The molecule has 2 aromatic carbocycles. The Morgan fingerprint density at radius 2 is 1.76 bits per heavy atom. The quantitative estimate of drug-likeness (QED) is 0.634. The Morgan fingerprint density at radius 1 is 1.08 bits per heavy atom. The third kappa shape index (κ3) is 3.65. The van der Waals surface area contributed by atoms with E-state index in [0.29, 0.717) is 23.7 Å². The molecule has 1 saturated heterocycles. The Bertz CT molecular complexity index is 798. The molecule has 5 nitrogen and oxygen atoms in total. The number of nitrogens with zero attached hydrogens (tertiary/aromatic N) is 1. The van der Waals surface area contributed by atoms with E-state index < -0.39 is 5.92 Å². The van der Waals surface area contributed by atoms with Gasteiger partial charge in [0.15, 0.2) is 0 Å². The van der Waals surface area contributed by atoms with Gasteiger partial charge < -0.3 is 14.4 Å². The van der Waals surface area contributed by atoms with E-state index in [2.05, 4.69) is 0 Å². The first-order valence-corrected chi connectivity index (χ1v) is 8.21. The molecular weight excluding hydrogens is 318 g/mol. The number of amides is 1. The topological polar surface area (TPSA) is 55.8 Å². The third-order valence-corrected chi connectivity index (χ3v) is 4.32. The molecule has 0 aromatic heterocycles. The van der Waals surface area contributed by atoms with Crippen LogP contribution >= 0.6 is 0 Å². The van der Waals surface area contributed by atoms with E-state index in [1.807, 2.05) is 44.2 Å². The number of carbonyl (C=O) groups excluding carboxylic acids is 2. The summed E-state index contributed by atoms with van der Waals surface area (Å²) < 4.78 is 10.8. The first-order valence-electron chi connectivity index (χ1n) is 8.21. The summed E-state index contributed by atoms with van der Waals surface area (Å²) in [7, 11) is 1.57. The van der Waals surface area contributed by atoms with Crippen LogP contribution in [0.2, 0.25) is 0 Å². The molecule has 2 aromatic rings. The van der Waals surface area contributed by atoms with Gasteiger partial charge in [0.25, 0.3) is 0 Å². The Hall–Kier alpha value is -2.82. The molecule has 0 spiro atoms. The van der Waals surface area contributed by atoms with E-state index in [0.717, 1.165) is 11.1 Å². The fourth-order valence-corrected chi connectivity index (χ4v) is 2.92. The zero-order valence-corrected chi connectivity index (χ0v) is 14.6. The highest BCUT2D eigenvalue weighted by Gasteiger charge is 2.37. The number of benzene rings is 2. The van der Waals surface area contributed by atoms with Crippen molar-refractivity contribution >= 4 is 17.6 Å². The Morgan fingerprint density at radius 3 is 2.44 bits per heavy atom. The van der Waals surface area contributed by atoms with Crippen LogP contribution < -0.4 is 14.4 Å². The van der Waals surface area contributed by atoms with Crippen LogP contribution in [0, 0.1) is 19.8 Å². The first kappa shape index (κ1) is 17.0. The fraction of sp³-hybridized carbons (Fsp3) is 0.300. The number of esters is 1. The second-order valence-electron chi connectivity index (χ2n) is 6.31. The molecule has 1 heterocycles. The van der Waals surface area contributed by atoms with E-state index in [1.165, 1.54) is 0 Å². The zero-order chi connectivity index (χ0) is 18.0. The van der Waals surface area contributed by atoms with Crippen molar-refractivity contribution in [1.82, 2.24) is 0 Å². The highest BCUT2D eigenvalue weighted by molar-refractivity contribution is 6.00. The van der Waals surface area contributed by atoms with E-state index in [1.54, 1.807) is 24.1 Å². The van der Waals surface area contributed by atoms with Crippen molar-refractivity contribution in [2.24, 2.45) is 5.92 Å². The van der Waals surface area contributed by atoms with Crippen LogP contribution in [0.4, 0.5) is 5.69 Å². The maximum absolute atomic E-state index is 12.4. The third-order valence-electron chi connectivity index (χ3n) is 4.32. The molecule has 0 bridgehead atoms. The number of rotatable bonds is 4. The average molecular weight is 339 g/mol. The molecular formula is C20H21NO4. The van der Waals surface area contributed by atoms with Crippen LogP contribution in [0.25, 0.3) is 0 Å². The van der Waals surface area contributed by atoms with Gasteiger partial charge in [0.1, 0.15) is 11.5 Å². The summed E-state index contributed by atoms with van der Waals surface area (Å²) in [5.41, 5.74) is 2.81. The van der Waals surface area contributed by atoms with E-state index >= 15 is 0 Å². The van der Waals surface area contributed by atoms with Gasteiger partial charge in [-0.05, 0) is 43.7 Å². The van der Waals surface area contributed by atoms with Gasteiger partial charge in [-0.15, -0.1) is 0 Å². The van der Waals surface area contributed by atoms with Gasteiger partial charge >= 0.3 is 5.97 Å².